The second-order valence-electron chi connectivity index (χ2n) is 7.27. The maximum absolute atomic E-state index is 11.1. The molecule has 2 aromatic rings. The first-order chi connectivity index (χ1) is 12.5. The number of carbonyl (C=O) groups is 1. The van der Waals surface area contributed by atoms with E-state index in [1.54, 1.807) is 0 Å². The van der Waals surface area contributed by atoms with E-state index in [-0.39, 0.29) is 5.91 Å². The van der Waals surface area contributed by atoms with Crippen LogP contribution in [-0.4, -0.2) is 33.7 Å². The van der Waals surface area contributed by atoms with Gasteiger partial charge >= 0.3 is 0 Å². The molecule has 1 aromatic heterocycles. The lowest BCUT2D eigenvalue weighted by Gasteiger charge is -2.28. The van der Waals surface area contributed by atoms with Crippen molar-refractivity contribution in [1.82, 2.24) is 20.0 Å². The van der Waals surface area contributed by atoms with Crippen LogP contribution in [0.25, 0.3) is 5.57 Å². The molecule has 0 atom stereocenters. The monoisotopic (exact) mass is 352 g/mol. The predicted octanol–water partition coefficient (Wildman–Crippen LogP) is 3.07. The van der Waals surface area contributed by atoms with Gasteiger partial charge in [-0.15, -0.1) is 0 Å². The molecule has 0 saturated heterocycles. The Labute approximate surface area is 155 Å². The number of hydrogen-bond donors (Lipinski definition) is 1. The van der Waals surface area contributed by atoms with E-state index in [9.17, 15) is 4.79 Å². The highest BCUT2D eigenvalue weighted by atomic mass is 16.1. The van der Waals surface area contributed by atoms with Crippen molar-refractivity contribution in [2.75, 3.05) is 13.1 Å². The molecule has 5 nitrogen and oxygen atoms in total. The van der Waals surface area contributed by atoms with Gasteiger partial charge in [0.15, 0.2) is 0 Å². The number of amides is 1. The van der Waals surface area contributed by atoms with Crippen LogP contribution in [0.2, 0.25) is 0 Å². The first kappa shape index (κ1) is 18.4. The van der Waals surface area contributed by atoms with Crippen LogP contribution in [0, 0.1) is 5.92 Å². The maximum Gasteiger partial charge on any atom is 0.217 e. The van der Waals surface area contributed by atoms with Crippen molar-refractivity contribution in [1.29, 1.82) is 0 Å². The van der Waals surface area contributed by atoms with Crippen LogP contribution in [0.5, 0.6) is 0 Å². The number of hydrogen-bond acceptors (Lipinski definition) is 3. The number of nitrogens with zero attached hydrogens (tertiary/aromatic N) is 3. The van der Waals surface area contributed by atoms with Gasteiger partial charge in [-0.1, -0.05) is 50.3 Å². The summed E-state index contributed by atoms with van der Waals surface area (Å²) in [5, 5.41) is 7.42. The predicted molar refractivity (Wildman–Crippen MR) is 104 cm³/mol. The van der Waals surface area contributed by atoms with Gasteiger partial charge in [-0.05, 0) is 23.1 Å². The normalized spacial score (nSPS) is 15.2. The van der Waals surface area contributed by atoms with Gasteiger partial charge < -0.3 is 5.32 Å². The van der Waals surface area contributed by atoms with Gasteiger partial charge in [0.05, 0.1) is 24.5 Å². The van der Waals surface area contributed by atoms with Crippen LogP contribution >= 0.6 is 0 Å². The number of benzene rings is 1. The molecule has 1 N–H and O–H groups in total. The van der Waals surface area contributed by atoms with Crippen LogP contribution in [0.4, 0.5) is 0 Å². The lowest BCUT2D eigenvalue weighted by Crippen LogP contribution is -2.35. The molecule has 138 valence electrons. The molecule has 0 bridgehead atoms. The Hall–Kier alpha value is -2.40. The standard InChI is InChI=1S/C21H28N4O/c1-16(2)11-19(18-7-5-4-6-8-18)14-24-9-10-25-21(15-24)12-20(23-25)13-22-17(3)26/h4-8,11-12,16H,9-10,13-15H2,1-3H3,(H,22,26). The summed E-state index contributed by atoms with van der Waals surface area (Å²) >= 11 is 0. The van der Waals surface area contributed by atoms with Crippen molar-refractivity contribution in [3.63, 3.8) is 0 Å². The second kappa shape index (κ2) is 8.32. The molecular formula is C21H28N4O. The van der Waals surface area contributed by atoms with Gasteiger partial charge in [0.25, 0.3) is 0 Å². The largest absolute Gasteiger partial charge is 0.351 e. The molecule has 1 aliphatic heterocycles. The van der Waals surface area contributed by atoms with Crippen molar-refractivity contribution in [2.45, 2.75) is 40.4 Å². The molecule has 0 radical (unpaired) electrons. The average Bonchev–Trinajstić information content (AvgIpc) is 3.02. The zero-order chi connectivity index (χ0) is 18.5. The molecule has 0 fully saturated rings. The van der Waals surface area contributed by atoms with Gasteiger partial charge in [-0.3, -0.25) is 14.4 Å². The summed E-state index contributed by atoms with van der Waals surface area (Å²) in [5.41, 5.74) is 4.82. The number of aromatic nitrogens is 2. The number of fused-ring (bicyclic) bond motifs is 1. The Morgan fingerprint density at radius 1 is 1.27 bits per heavy atom. The molecule has 2 heterocycles. The lowest BCUT2D eigenvalue weighted by atomic mass is 10.0. The fourth-order valence-corrected chi connectivity index (χ4v) is 3.35. The highest BCUT2D eigenvalue weighted by molar-refractivity contribution is 5.72. The van der Waals surface area contributed by atoms with Gasteiger partial charge in [-0.25, -0.2) is 0 Å². The van der Waals surface area contributed by atoms with Crippen molar-refractivity contribution in [3.05, 3.63) is 59.4 Å². The summed E-state index contributed by atoms with van der Waals surface area (Å²) in [5.74, 6) is 0.494. The molecule has 5 heteroatoms. The highest BCUT2D eigenvalue weighted by Gasteiger charge is 2.19. The molecule has 0 spiro atoms. The Kier molecular flexibility index (Phi) is 5.89. The third kappa shape index (κ3) is 4.82. The Morgan fingerprint density at radius 3 is 2.73 bits per heavy atom. The number of allylic oxidation sites excluding steroid dienone is 1. The van der Waals surface area contributed by atoms with Gasteiger partial charge in [0.1, 0.15) is 0 Å². The molecule has 1 aliphatic rings. The minimum absolute atomic E-state index is 0.0241. The fraction of sp³-hybridized carbons (Fsp3) is 0.429. The zero-order valence-corrected chi connectivity index (χ0v) is 15.9. The molecule has 1 aromatic carbocycles. The first-order valence-corrected chi connectivity index (χ1v) is 9.30. The SMILES string of the molecule is CC(=O)NCc1cc2n(n1)CCN(CC(=CC(C)C)c1ccccc1)C2. The summed E-state index contributed by atoms with van der Waals surface area (Å²) < 4.78 is 2.07. The number of nitrogens with one attached hydrogen (secondary N) is 1. The summed E-state index contributed by atoms with van der Waals surface area (Å²) in [6.45, 7) is 10.2. The Morgan fingerprint density at radius 2 is 2.04 bits per heavy atom. The molecule has 0 saturated carbocycles. The van der Waals surface area contributed by atoms with E-state index in [1.807, 2.05) is 0 Å². The van der Waals surface area contributed by atoms with Crippen LogP contribution in [0.1, 0.15) is 37.7 Å². The van der Waals surface area contributed by atoms with Crippen molar-refractivity contribution in [2.24, 2.45) is 5.92 Å². The van der Waals surface area contributed by atoms with E-state index in [1.165, 1.54) is 23.8 Å². The smallest absolute Gasteiger partial charge is 0.217 e. The minimum atomic E-state index is -0.0241. The van der Waals surface area contributed by atoms with Crippen LogP contribution in [-0.2, 0) is 24.4 Å². The van der Waals surface area contributed by atoms with Crippen molar-refractivity contribution < 1.29 is 4.79 Å². The summed E-state index contributed by atoms with van der Waals surface area (Å²) in [6.07, 6.45) is 2.36. The van der Waals surface area contributed by atoms with E-state index in [2.05, 4.69) is 76.3 Å². The van der Waals surface area contributed by atoms with Crippen LogP contribution in [0.15, 0.2) is 42.5 Å². The second-order valence-corrected chi connectivity index (χ2v) is 7.27. The van der Waals surface area contributed by atoms with E-state index in [4.69, 9.17) is 0 Å². The average molecular weight is 352 g/mol. The summed E-state index contributed by atoms with van der Waals surface area (Å²) in [6, 6.07) is 12.7. The van der Waals surface area contributed by atoms with E-state index < -0.39 is 0 Å². The molecule has 0 unspecified atom stereocenters. The highest BCUT2D eigenvalue weighted by Crippen LogP contribution is 2.21. The number of rotatable bonds is 6. The quantitative estimate of drug-likeness (QED) is 0.869. The third-order valence-corrected chi connectivity index (χ3v) is 4.52. The van der Waals surface area contributed by atoms with Gasteiger partial charge in [0.2, 0.25) is 5.91 Å². The Balaban J connectivity index is 1.70. The zero-order valence-electron chi connectivity index (χ0n) is 15.9. The third-order valence-electron chi connectivity index (χ3n) is 4.52. The maximum atomic E-state index is 11.1. The van der Waals surface area contributed by atoms with Crippen LogP contribution in [0.3, 0.4) is 0 Å². The molecule has 0 aliphatic carbocycles. The first-order valence-electron chi connectivity index (χ1n) is 9.30. The minimum Gasteiger partial charge on any atom is -0.351 e. The lowest BCUT2D eigenvalue weighted by molar-refractivity contribution is -0.119. The molecular weight excluding hydrogens is 324 g/mol. The van der Waals surface area contributed by atoms with Gasteiger partial charge in [0, 0.05) is 26.6 Å². The summed E-state index contributed by atoms with van der Waals surface area (Å²) in [4.78, 5) is 13.6. The number of carbonyl (C=O) groups excluding carboxylic acids is 1. The molecule has 1 amide bonds. The fourth-order valence-electron chi connectivity index (χ4n) is 3.35. The van der Waals surface area contributed by atoms with Gasteiger partial charge in [-0.2, -0.15) is 5.10 Å². The van der Waals surface area contributed by atoms with E-state index >= 15 is 0 Å². The molecule has 3 rings (SSSR count). The summed E-state index contributed by atoms with van der Waals surface area (Å²) in [7, 11) is 0. The van der Waals surface area contributed by atoms with Crippen molar-refractivity contribution >= 4 is 11.5 Å². The van der Waals surface area contributed by atoms with Crippen LogP contribution < -0.4 is 5.32 Å². The van der Waals surface area contributed by atoms with Crippen molar-refractivity contribution in [3.8, 4) is 0 Å². The topological polar surface area (TPSA) is 50.2 Å². The van der Waals surface area contributed by atoms with E-state index in [0.717, 1.165) is 31.9 Å². The Bertz CT molecular complexity index is 777. The molecule has 26 heavy (non-hydrogen) atoms. The van der Waals surface area contributed by atoms with E-state index in [0.29, 0.717) is 12.5 Å².